The largest absolute Gasteiger partial charge is 0.497 e. The van der Waals surface area contributed by atoms with Gasteiger partial charge in [-0.2, -0.15) is 0 Å². The van der Waals surface area contributed by atoms with E-state index in [0.717, 1.165) is 35.1 Å². The fourth-order valence-corrected chi connectivity index (χ4v) is 3.38. The number of hydrogen-bond acceptors (Lipinski definition) is 4. The van der Waals surface area contributed by atoms with E-state index in [1.54, 1.807) is 7.11 Å². The predicted molar refractivity (Wildman–Crippen MR) is 110 cm³/mol. The molecule has 0 amide bonds. The molecule has 1 saturated heterocycles. The second kappa shape index (κ2) is 9.60. The minimum atomic E-state index is 0.0493. The first-order valence-electron chi connectivity index (χ1n) is 8.94. The zero-order valence-corrected chi connectivity index (χ0v) is 16.2. The highest BCUT2D eigenvalue weighted by Crippen LogP contribution is 2.28. The van der Waals surface area contributed by atoms with E-state index in [2.05, 4.69) is 15.2 Å². The third-order valence-electron chi connectivity index (χ3n) is 4.53. The fourth-order valence-electron chi connectivity index (χ4n) is 3.12. The smallest absolute Gasteiger partial charge is 0.193 e. The number of aliphatic imine (C=N–C) groups is 1. The molecule has 144 valence electrons. The molecule has 0 radical (unpaired) electrons. The molecule has 1 heterocycles. The van der Waals surface area contributed by atoms with Crippen LogP contribution < -0.4 is 15.8 Å². The van der Waals surface area contributed by atoms with Crippen molar-refractivity contribution >= 4 is 23.2 Å². The zero-order chi connectivity index (χ0) is 19.1. The Balaban J connectivity index is 1.74. The van der Waals surface area contributed by atoms with Gasteiger partial charge in [-0.25, -0.2) is 0 Å². The van der Waals surface area contributed by atoms with Crippen molar-refractivity contribution in [3.05, 3.63) is 59.1 Å². The number of morpholine rings is 1. The number of nitrogens with one attached hydrogen (secondary N) is 1. The van der Waals surface area contributed by atoms with Crippen molar-refractivity contribution in [3.8, 4) is 5.75 Å². The van der Waals surface area contributed by atoms with E-state index in [1.165, 1.54) is 0 Å². The van der Waals surface area contributed by atoms with Crippen molar-refractivity contribution in [1.82, 2.24) is 4.90 Å². The van der Waals surface area contributed by atoms with Crippen LogP contribution in [0.3, 0.4) is 0 Å². The Morgan fingerprint density at radius 3 is 2.78 bits per heavy atom. The summed E-state index contributed by atoms with van der Waals surface area (Å²) in [6, 6.07) is 15.5. The van der Waals surface area contributed by atoms with Gasteiger partial charge in [-0.05, 0) is 23.8 Å². The average Bonchev–Trinajstić information content (AvgIpc) is 2.70. The van der Waals surface area contributed by atoms with E-state index in [-0.39, 0.29) is 6.04 Å². The van der Waals surface area contributed by atoms with Gasteiger partial charge in [0.05, 0.1) is 32.9 Å². The number of halogens is 1. The lowest BCUT2D eigenvalue weighted by Gasteiger charge is -2.34. The molecule has 0 bridgehead atoms. The molecule has 3 rings (SSSR count). The molecule has 1 aliphatic rings. The molecule has 1 unspecified atom stereocenters. The van der Waals surface area contributed by atoms with E-state index in [1.807, 2.05) is 48.5 Å². The first kappa shape index (κ1) is 19.5. The molecule has 6 nitrogen and oxygen atoms in total. The maximum absolute atomic E-state index is 6.45. The molecular formula is C20H25ClN4O2. The summed E-state index contributed by atoms with van der Waals surface area (Å²) in [6.45, 7) is 3.61. The Labute approximate surface area is 164 Å². The van der Waals surface area contributed by atoms with E-state index in [9.17, 15) is 0 Å². The number of hydrogen-bond donors (Lipinski definition) is 2. The highest BCUT2D eigenvalue weighted by Gasteiger charge is 2.24. The second-order valence-electron chi connectivity index (χ2n) is 6.27. The third-order valence-corrected chi connectivity index (χ3v) is 4.87. The van der Waals surface area contributed by atoms with Crippen LogP contribution in [0.25, 0.3) is 0 Å². The number of methoxy groups -OCH3 is 1. The molecule has 7 heteroatoms. The summed E-state index contributed by atoms with van der Waals surface area (Å²) in [4.78, 5) is 6.91. The van der Waals surface area contributed by atoms with Crippen molar-refractivity contribution in [3.63, 3.8) is 0 Å². The molecule has 27 heavy (non-hydrogen) atoms. The van der Waals surface area contributed by atoms with Crippen LogP contribution in [0.15, 0.2) is 53.5 Å². The lowest BCUT2D eigenvalue weighted by molar-refractivity contribution is 0.0180. The topological polar surface area (TPSA) is 72.1 Å². The quantitative estimate of drug-likeness (QED) is 0.587. The zero-order valence-electron chi connectivity index (χ0n) is 15.4. The minimum Gasteiger partial charge on any atom is -0.497 e. The third kappa shape index (κ3) is 5.35. The Morgan fingerprint density at radius 1 is 1.26 bits per heavy atom. The summed E-state index contributed by atoms with van der Waals surface area (Å²) in [5.41, 5.74) is 8.00. The van der Waals surface area contributed by atoms with E-state index < -0.39 is 0 Å². The molecule has 1 fully saturated rings. The van der Waals surface area contributed by atoms with Gasteiger partial charge in [-0.15, -0.1) is 0 Å². The summed E-state index contributed by atoms with van der Waals surface area (Å²) in [5, 5.41) is 3.85. The normalized spacial score (nSPS) is 16.7. The standard InChI is InChI=1S/C20H25ClN4O2/c1-26-16-6-4-5-15(13-16)24-20(22)23-14-19(25-9-11-27-12-10-25)17-7-2-3-8-18(17)21/h2-8,13,19H,9-12,14H2,1H3,(H3,22,23,24). The number of rotatable bonds is 6. The summed E-state index contributed by atoms with van der Waals surface area (Å²) in [5.74, 6) is 1.11. The van der Waals surface area contributed by atoms with Gasteiger partial charge in [0.15, 0.2) is 5.96 Å². The van der Waals surface area contributed by atoms with Crippen LogP contribution in [0.4, 0.5) is 5.69 Å². The maximum Gasteiger partial charge on any atom is 0.193 e. The van der Waals surface area contributed by atoms with E-state index in [4.69, 9.17) is 26.8 Å². The van der Waals surface area contributed by atoms with E-state index in [0.29, 0.717) is 25.7 Å². The highest BCUT2D eigenvalue weighted by molar-refractivity contribution is 6.31. The van der Waals surface area contributed by atoms with Gasteiger partial charge in [-0.3, -0.25) is 9.89 Å². The van der Waals surface area contributed by atoms with Crippen LogP contribution in [0.2, 0.25) is 5.02 Å². The van der Waals surface area contributed by atoms with E-state index >= 15 is 0 Å². The van der Waals surface area contributed by atoms with Gasteiger partial charge in [0.25, 0.3) is 0 Å². The molecule has 2 aromatic rings. The van der Waals surface area contributed by atoms with Crippen LogP contribution in [0.1, 0.15) is 11.6 Å². The molecule has 3 N–H and O–H groups in total. The minimum absolute atomic E-state index is 0.0493. The summed E-state index contributed by atoms with van der Waals surface area (Å²) in [6.07, 6.45) is 0. The molecule has 1 aliphatic heterocycles. The van der Waals surface area contributed by atoms with Crippen LogP contribution in [-0.2, 0) is 4.74 Å². The predicted octanol–water partition coefficient (Wildman–Crippen LogP) is 3.15. The van der Waals surface area contributed by atoms with Crippen molar-refractivity contribution in [2.75, 3.05) is 45.3 Å². The SMILES string of the molecule is COc1cccc(NC(N)=NCC(c2ccccc2Cl)N2CCOCC2)c1. The summed E-state index contributed by atoms with van der Waals surface area (Å²) < 4.78 is 10.7. The number of nitrogens with zero attached hydrogens (tertiary/aromatic N) is 2. The second-order valence-corrected chi connectivity index (χ2v) is 6.68. The van der Waals surface area contributed by atoms with Crippen molar-refractivity contribution in [2.45, 2.75) is 6.04 Å². The van der Waals surface area contributed by atoms with Gasteiger partial charge in [0.1, 0.15) is 5.75 Å². The maximum atomic E-state index is 6.45. The number of benzene rings is 2. The first-order chi connectivity index (χ1) is 13.2. The number of anilines is 1. The summed E-state index contributed by atoms with van der Waals surface area (Å²) >= 11 is 6.45. The lowest BCUT2D eigenvalue weighted by Crippen LogP contribution is -2.40. The molecule has 2 aromatic carbocycles. The van der Waals surface area contributed by atoms with Crippen molar-refractivity contribution in [2.24, 2.45) is 10.7 Å². The summed E-state index contributed by atoms with van der Waals surface area (Å²) in [7, 11) is 1.63. The highest BCUT2D eigenvalue weighted by atomic mass is 35.5. The van der Waals surface area contributed by atoms with Crippen LogP contribution in [-0.4, -0.2) is 50.8 Å². The van der Waals surface area contributed by atoms with Crippen LogP contribution in [0, 0.1) is 0 Å². The molecular weight excluding hydrogens is 364 g/mol. The Bertz CT molecular complexity index is 778. The van der Waals surface area contributed by atoms with Gasteiger partial charge in [0.2, 0.25) is 0 Å². The van der Waals surface area contributed by atoms with Crippen molar-refractivity contribution in [1.29, 1.82) is 0 Å². The van der Waals surface area contributed by atoms with Gasteiger partial charge >= 0.3 is 0 Å². The number of guanidine groups is 1. The number of ether oxygens (including phenoxy) is 2. The Kier molecular flexibility index (Phi) is 6.92. The lowest BCUT2D eigenvalue weighted by atomic mass is 10.0. The first-order valence-corrected chi connectivity index (χ1v) is 9.32. The average molecular weight is 389 g/mol. The molecule has 0 aliphatic carbocycles. The molecule has 1 atom stereocenters. The Morgan fingerprint density at radius 2 is 2.04 bits per heavy atom. The van der Waals surface area contributed by atoms with Crippen molar-refractivity contribution < 1.29 is 9.47 Å². The van der Waals surface area contributed by atoms with Gasteiger partial charge in [-0.1, -0.05) is 35.9 Å². The van der Waals surface area contributed by atoms with Gasteiger partial charge < -0.3 is 20.5 Å². The monoisotopic (exact) mass is 388 g/mol. The molecule has 0 spiro atoms. The number of nitrogens with two attached hydrogens (primary N) is 1. The molecule has 0 aromatic heterocycles. The fraction of sp³-hybridized carbons (Fsp3) is 0.350. The van der Waals surface area contributed by atoms with Crippen LogP contribution >= 0.6 is 11.6 Å². The van der Waals surface area contributed by atoms with Gasteiger partial charge in [0, 0.05) is 29.9 Å². The van der Waals surface area contributed by atoms with Crippen LogP contribution in [0.5, 0.6) is 5.75 Å². The molecule has 0 saturated carbocycles. The Hall–Kier alpha value is -2.28.